The van der Waals surface area contributed by atoms with Crippen molar-refractivity contribution in [1.29, 1.82) is 0 Å². The molecule has 0 heterocycles. The summed E-state index contributed by atoms with van der Waals surface area (Å²) in [5.74, 6) is 1.50. The number of phenolic OH excluding ortho intramolecular Hbond substituents is 1. The quantitative estimate of drug-likeness (QED) is 0.0806. The Morgan fingerprint density at radius 2 is 1.30 bits per heavy atom. The number of hydrazine groups is 1. The molecule has 0 saturated carbocycles. The summed E-state index contributed by atoms with van der Waals surface area (Å²) in [6.45, 7) is 6.41. The number of carbonyl (C=O) groups is 1. The van der Waals surface area contributed by atoms with Crippen LogP contribution in [0.1, 0.15) is 91.4 Å². The molecule has 3 atom stereocenters. The first-order valence-corrected chi connectivity index (χ1v) is 16.9. The van der Waals surface area contributed by atoms with E-state index in [9.17, 15) is 14.1 Å². The summed E-state index contributed by atoms with van der Waals surface area (Å²) in [6, 6.07) is 20.2. The molecule has 0 aliphatic carbocycles. The minimum absolute atomic E-state index is 0.102. The van der Waals surface area contributed by atoms with E-state index in [1.54, 1.807) is 36.4 Å². The van der Waals surface area contributed by atoms with Gasteiger partial charge in [-0.3, -0.25) is 15.6 Å². The van der Waals surface area contributed by atoms with Gasteiger partial charge >= 0.3 is 0 Å². The molecule has 3 aromatic carbocycles. The van der Waals surface area contributed by atoms with Crippen molar-refractivity contribution in [1.82, 2.24) is 5.43 Å². The van der Waals surface area contributed by atoms with Gasteiger partial charge in [0.1, 0.15) is 23.0 Å². The van der Waals surface area contributed by atoms with Crippen LogP contribution in [0.3, 0.4) is 0 Å². The van der Waals surface area contributed by atoms with E-state index >= 15 is 0 Å². The third-order valence-corrected chi connectivity index (χ3v) is 8.13. The van der Waals surface area contributed by atoms with Crippen molar-refractivity contribution in [2.45, 2.75) is 109 Å². The molecule has 240 valence electrons. The standard InChI is InChI=1S/C35H48N2O6S/c1-4-6-7-8-9-10-11-12-14-34(35(39)37-36-28-15-19-30(20-16-28)41-27(3)13-5-2)42-31-23-25-33(26-24-31)44(40)43-32-21-17-29(38)18-22-32/h15-27,34,36,38H,4-14H2,1-3H3,(H,37,39). The molecule has 0 saturated heterocycles. The van der Waals surface area contributed by atoms with E-state index < -0.39 is 17.2 Å². The molecule has 8 nitrogen and oxygen atoms in total. The lowest BCUT2D eigenvalue weighted by atomic mass is 10.1. The van der Waals surface area contributed by atoms with Crippen molar-refractivity contribution in [3.63, 3.8) is 0 Å². The Balaban J connectivity index is 1.56. The fourth-order valence-corrected chi connectivity index (χ4v) is 5.41. The second-order valence-electron chi connectivity index (χ2n) is 11.0. The summed E-state index contributed by atoms with van der Waals surface area (Å²) in [5.41, 5.74) is 6.52. The molecule has 0 fully saturated rings. The molecule has 0 radical (unpaired) electrons. The zero-order chi connectivity index (χ0) is 31.6. The van der Waals surface area contributed by atoms with Gasteiger partial charge in [0.05, 0.1) is 16.7 Å². The van der Waals surface area contributed by atoms with Gasteiger partial charge in [0.25, 0.3) is 5.91 Å². The van der Waals surface area contributed by atoms with Gasteiger partial charge in [-0.1, -0.05) is 65.2 Å². The average Bonchev–Trinajstić information content (AvgIpc) is 3.02. The van der Waals surface area contributed by atoms with E-state index in [-0.39, 0.29) is 17.8 Å². The fraction of sp³-hybridized carbons (Fsp3) is 0.457. The Morgan fingerprint density at radius 1 is 0.727 bits per heavy atom. The van der Waals surface area contributed by atoms with Crippen LogP contribution in [0.25, 0.3) is 0 Å². The van der Waals surface area contributed by atoms with Gasteiger partial charge in [0.2, 0.25) is 11.1 Å². The van der Waals surface area contributed by atoms with E-state index in [0.717, 1.165) is 43.5 Å². The predicted molar refractivity (Wildman–Crippen MR) is 176 cm³/mol. The maximum Gasteiger partial charge on any atom is 0.279 e. The van der Waals surface area contributed by atoms with Crippen molar-refractivity contribution in [3.8, 4) is 23.0 Å². The van der Waals surface area contributed by atoms with Crippen molar-refractivity contribution < 1.29 is 27.8 Å². The highest BCUT2D eigenvalue weighted by Gasteiger charge is 2.21. The molecule has 1 amide bonds. The van der Waals surface area contributed by atoms with Crippen LogP contribution in [-0.4, -0.2) is 27.4 Å². The summed E-state index contributed by atoms with van der Waals surface area (Å²) in [5, 5.41) is 9.43. The molecule has 0 aliphatic heterocycles. The lowest BCUT2D eigenvalue weighted by Crippen LogP contribution is -2.41. The van der Waals surface area contributed by atoms with Crippen molar-refractivity contribution in [2.75, 3.05) is 5.43 Å². The van der Waals surface area contributed by atoms with Crippen LogP contribution in [0.2, 0.25) is 0 Å². The monoisotopic (exact) mass is 624 g/mol. The first-order valence-electron chi connectivity index (χ1n) is 15.9. The summed E-state index contributed by atoms with van der Waals surface area (Å²) in [6.07, 6.45) is 11.4. The van der Waals surface area contributed by atoms with Crippen LogP contribution in [0.4, 0.5) is 5.69 Å². The molecule has 0 aromatic heterocycles. The molecule has 0 spiro atoms. The Bertz CT molecular complexity index is 1250. The van der Waals surface area contributed by atoms with Crippen LogP contribution in [0.5, 0.6) is 23.0 Å². The largest absolute Gasteiger partial charge is 0.508 e. The number of rotatable bonds is 21. The maximum absolute atomic E-state index is 13.2. The first-order chi connectivity index (χ1) is 21.4. The molecular formula is C35H48N2O6S. The molecule has 9 heteroatoms. The zero-order valence-electron chi connectivity index (χ0n) is 26.3. The van der Waals surface area contributed by atoms with Gasteiger partial charge in [-0.25, -0.2) is 4.21 Å². The highest BCUT2D eigenvalue weighted by atomic mass is 32.2. The molecule has 0 bridgehead atoms. The summed E-state index contributed by atoms with van der Waals surface area (Å²) in [7, 11) is 0. The van der Waals surface area contributed by atoms with Crippen LogP contribution in [0.15, 0.2) is 77.7 Å². The third kappa shape index (κ3) is 12.9. The Labute approximate surface area is 265 Å². The normalized spacial score (nSPS) is 13.0. The van der Waals surface area contributed by atoms with E-state index in [4.69, 9.17) is 13.7 Å². The predicted octanol–water partition coefficient (Wildman–Crippen LogP) is 8.48. The van der Waals surface area contributed by atoms with Gasteiger partial charge in [-0.2, -0.15) is 0 Å². The highest BCUT2D eigenvalue weighted by molar-refractivity contribution is 7.80. The lowest BCUT2D eigenvalue weighted by molar-refractivity contribution is -0.127. The van der Waals surface area contributed by atoms with E-state index in [2.05, 4.69) is 31.6 Å². The van der Waals surface area contributed by atoms with Gasteiger partial charge in [-0.15, -0.1) is 0 Å². The number of carbonyl (C=O) groups excluding carboxylic acids is 1. The summed E-state index contributed by atoms with van der Waals surface area (Å²) < 4.78 is 30.2. The molecule has 3 unspecified atom stereocenters. The molecule has 0 aliphatic rings. The Hall–Kier alpha value is -3.72. The summed E-state index contributed by atoms with van der Waals surface area (Å²) >= 11 is -1.75. The number of amides is 1. The third-order valence-electron chi connectivity index (χ3n) is 7.13. The first kappa shape index (κ1) is 34.8. The zero-order valence-corrected chi connectivity index (χ0v) is 27.1. The number of hydrogen-bond donors (Lipinski definition) is 3. The SMILES string of the molecule is CCCCCCCCCCC(Oc1ccc(S(=O)Oc2ccc(O)cc2)cc1)C(=O)NNc1ccc(OC(C)CCC)cc1. The average molecular weight is 625 g/mol. The number of phenols is 1. The van der Waals surface area contributed by atoms with E-state index in [0.29, 0.717) is 22.8 Å². The molecule has 44 heavy (non-hydrogen) atoms. The molecule has 3 N–H and O–H groups in total. The number of nitrogens with one attached hydrogen (secondary N) is 2. The van der Waals surface area contributed by atoms with Crippen LogP contribution >= 0.6 is 0 Å². The van der Waals surface area contributed by atoms with Crippen LogP contribution in [-0.2, 0) is 15.9 Å². The second-order valence-corrected chi connectivity index (χ2v) is 12.1. The number of ether oxygens (including phenoxy) is 2. The van der Waals surface area contributed by atoms with Crippen molar-refractivity contribution in [3.05, 3.63) is 72.8 Å². The van der Waals surface area contributed by atoms with Crippen LogP contribution < -0.4 is 24.5 Å². The van der Waals surface area contributed by atoms with Gasteiger partial charge < -0.3 is 18.8 Å². The minimum Gasteiger partial charge on any atom is -0.508 e. The summed E-state index contributed by atoms with van der Waals surface area (Å²) in [4.78, 5) is 13.7. The number of hydrogen-bond acceptors (Lipinski definition) is 7. The number of benzene rings is 3. The minimum atomic E-state index is -1.75. The van der Waals surface area contributed by atoms with Crippen molar-refractivity contribution in [2.24, 2.45) is 0 Å². The number of anilines is 1. The van der Waals surface area contributed by atoms with Crippen LogP contribution in [0, 0.1) is 0 Å². The Morgan fingerprint density at radius 3 is 1.93 bits per heavy atom. The number of unbranched alkanes of at least 4 members (excludes halogenated alkanes) is 7. The van der Waals surface area contributed by atoms with Gasteiger partial charge in [0, 0.05) is 0 Å². The molecular weight excluding hydrogens is 576 g/mol. The lowest BCUT2D eigenvalue weighted by Gasteiger charge is -2.20. The Kier molecular flexibility index (Phi) is 15.4. The smallest absolute Gasteiger partial charge is 0.279 e. The van der Waals surface area contributed by atoms with E-state index in [1.807, 2.05) is 24.3 Å². The fourth-order valence-electron chi connectivity index (χ4n) is 4.67. The second kappa shape index (κ2) is 19.5. The number of aromatic hydroxyl groups is 1. The van der Waals surface area contributed by atoms with E-state index in [1.165, 1.54) is 44.2 Å². The maximum atomic E-state index is 13.2. The topological polar surface area (TPSA) is 106 Å². The van der Waals surface area contributed by atoms with Gasteiger partial charge in [-0.05, 0) is 99.0 Å². The molecule has 3 aromatic rings. The highest BCUT2D eigenvalue weighted by Crippen LogP contribution is 2.23. The van der Waals surface area contributed by atoms with Crippen molar-refractivity contribution >= 4 is 22.7 Å². The van der Waals surface area contributed by atoms with Gasteiger partial charge in [0.15, 0.2) is 6.10 Å². The molecule has 3 rings (SSSR count).